The molecular formula is C18H28N2O4S. The molecule has 0 aliphatic carbocycles. The summed E-state index contributed by atoms with van der Waals surface area (Å²) in [7, 11) is -1.84. The van der Waals surface area contributed by atoms with Crippen LogP contribution in [0.2, 0.25) is 0 Å². The van der Waals surface area contributed by atoms with Crippen LogP contribution in [0.5, 0.6) is 0 Å². The predicted molar refractivity (Wildman–Crippen MR) is 96.8 cm³/mol. The third-order valence-electron chi connectivity index (χ3n) is 4.62. The first kappa shape index (κ1) is 19.9. The SMILES string of the molecule is CCc1ccc(S(=O)(=O)N2CCC(C(=O)NCCCOC)CC2)cc1. The molecule has 2 rings (SSSR count). The summed E-state index contributed by atoms with van der Waals surface area (Å²) in [5.41, 5.74) is 1.11. The summed E-state index contributed by atoms with van der Waals surface area (Å²) in [6.07, 6.45) is 2.78. The molecule has 6 nitrogen and oxygen atoms in total. The number of amides is 1. The van der Waals surface area contributed by atoms with Gasteiger partial charge in [-0.15, -0.1) is 0 Å². The van der Waals surface area contributed by atoms with Gasteiger partial charge in [0.05, 0.1) is 4.90 Å². The van der Waals surface area contributed by atoms with Crippen LogP contribution in [0, 0.1) is 5.92 Å². The van der Waals surface area contributed by atoms with E-state index in [4.69, 9.17) is 4.74 Å². The lowest BCUT2D eigenvalue weighted by Gasteiger charge is -2.30. The molecule has 0 saturated carbocycles. The van der Waals surface area contributed by atoms with E-state index < -0.39 is 10.0 Å². The fourth-order valence-electron chi connectivity index (χ4n) is 2.98. The zero-order chi connectivity index (χ0) is 18.3. The van der Waals surface area contributed by atoms with Crippen LogP contribution < -0.4 is 5.32 Å². The lowest BCUT2D eigenvalue weighted by Crippen LogP contribution is -2.43. The maximum Gasteiger partial charge on any atom is 0.243 e. The number of nitrogens with zero attached hydrogens (tertiary/aromatic N) is 1. The maximum absolute atomic E-state index is 12.7. The van der Waals surface area contributed by atoms with E-state index in [0.717, 1.165) is 18.4 Å². The van der Waals surface area contributed by atoms with Crippen LogP contribution in [0.3, 0.4) is 0 Å². The Morgan fingerprint density at radius 3 is 2.44 bits per heavy atom. The highest BCUT2D eigenvalue weighted by Crippen LogP contribution is 2.24. The Bertz CT molecular complexity index is 650. The fraction of sp³-hybridized carbons (Fsp3) is 0.611. The average molecular weight is 368 g/mol. The van der Waals surface area contributed by atoms with Crippen LogP contribution in [0.1, 0.15) is 31.7 Å². The third-order valence-corrected chi connectivity index (χ3v) is 6.53. The highest BCUT2D eigenvalue weighted by atomic mass is 32.2. The first-order valence-electron chi connectivity index (χ1n) is 8.84. The van der Waals surface area contributed by atoms with Crippen LogP contribution in [0.25, 0.3) is 0 Å². The van der Waals surface area contributed by atoms with Crippen molar-refractivity contribution in [3.05, 3.63) is 29.8 Å². The minimum absolute atomic E-state index is 0.0143. The van der Waals surface area contributed by atoms with Crippen LogP contribution in [0.15, 0.2) is 29.2 Å². The largest absolute Gasteiger partial charge is 0.385 e. The molecule has 0 spiro atoms. The first-order valence-corrected chi connectivity index (χ1v) is 10.3. The highest BCUT2D eigenvalue weighted by Gasteiger charge is 2.31. The van der Waals surface area contributed by atoms with Crippen molar-refractivity contribution in [3.8, 4) is 0 Å². The zero-order valence-electron chi connectivity index (χ0n) is 15.0. The maximum atomic E-state index is 12.7. The highest BCUT2D eigenvalue weighted by molar-refractivity contribution is 7.89. The predicted octanol–water partition coefficient (Wildman–Crippen LogP) is 1.80. The molecule has 0 aromatic heterocycles. The van der Waals surface area contributed by atoms with E-state index in [1.807, 2.05) is 19.1 Å². The minimum Gasteiger partial charge on any atom is -0.385 e. The van der Waals surface area contributed by atoms with Crippen molar-refractivity contribution < 1.29 is 17.9 Å². The van der Waals surface area contributed by atoms with Crippen LogP contribution in [-0.2, 0) is 26.0 Å². The van der Waals surface area contributed by atoms with Gasteiger partial charge in [-0.25, -0.2) is 8.42 Å². The summed E-state index contributed by atoms with van der Waals surface area (Å²) in [6, 6.07) is 7.05. The number of ether oxygens (including phenoxy) is 1. The van der Waals surface area contributed by atoms with E-state index >= 15 is 0 Å². The molecule has 0 unspecified atom stereocenters. The second-order valence-electron chi connectivity index (χ2n) is 6.31. The molecule has 0 bridgehead atoms. The number of aryl methyl sites for hydroxylation is 1. The van der Waals surface area contributed by atoms with Crippen molar-refractivity contribution in [3.63, 3.8) is 0 Å². The molecule has 1 fully saturated rings. The zero-order valence-corrected chi connectivity index (χ0v) is 15.8. The molecule has 1 amide bonds. The fourth-order valence-corrected chi connectivity index (χ4v) is 4.45. The van der Waals surface area contributed by atoms with Gasteiger partial charge in [0.15, 0.2) is 0 Å². The van der Waals surface area contributed by atoms with E-state index in [2.05, 4.69) is 5.32 Å². The van der Waals surface area contributed by atoms with E-state index in [0.29, 0.717) is 44.0 Å². The monoisotopic (exact) mass is 368 g/mol. The molecule has 1 saturated heterocycles. The molecule has 1 N–H and O–H groups in total. The Balaban J connectivity index is 1.88. The third kappa shape index (κ3) is 5.26. The molecule has 140 valence electrons. The topological polar surface area (TPSA) is 75.7 Å². The number of carbonyl (C=O) groups is 1. The lowest BCUT2D eigenvalue weighted by molar-refractivity contribution is -0.126. The number of benzene rings is 1. The van der Waals surface area contributed by atoms with Crippen molar-refractivity contribution in [1.29, 1.82) is 0 Å². The minimum atomic E-state index is -3.48. The van der Waals surface area contributed by atoms with Gasteiger partial charge in [-0.2, -0.15) is 4.31 Å². The van der Waals surface area contributed by atoms with Crippen LogP contribution >= 0.6 is 0 Å². The Morgan fingerprint density at radius 1 is 1.24 bits per heavy atom. The standard InChI is InChI=1S/C18H28N2O4S/c1-3-15-5-7-17(8-6-15)25(22,23)20-12-9-16(10-13-20)18(21)19-11-4-14-24-2/h5-8,16H,3-4,9-14H2,1-2H3,(H,19,21). The molecule has 1 heterocycles. The quantitative estimate of drug-likeness (QED) is 0.710. The second kappa shape index (κ2) is 9.31. The van der Waals surface area contributed by atoms with Gasteiger partial charge in [-0.3, -0.25) is 4.79 Å². The summed E-state index contributed by atoms with van der Waals surface area (Å²) in [5.74, 6) is -0.100. The van der Waals surface area contributed by atoms with E-state index in [1.165, 1.54) is 4.31 Å². The normalized spacial score (nSPS) is 16.7. The molecule has 7 heteroatoms. The Morgan fingerprint density at radius 2 is 1.88 bits per heavy atom. The van der Waals surface area contributed by atoms with Crippen molar-refractivity contribution in [2.24, 2.45) is 5.92 Å². The van der Waals surface area contributed by atoms with Gasteiger partial charge in [0, 0.05) is 39.3 Å². The summed E-state index contributed by atoms with van der Waals surface area (Å²) in [5, 5.41) is 2.90. The van der Waals surface area contributed by atoms with Gasteiger partial charge in [-0.05, 0) is 43.4 Å². The Kier molecular flexibility index (Phi) is 7.40. The van der Waals surface area contributed by atoms with Crippen LogP contribution in [-0.4, -0.2) is 52.0 Å². The summed E-state index contributed by atoms with van der Waals surface area (Å²) < 4.78 is 31.9. The molecular weight excluding hydrogens is 340 g/mol. The Hall–Kier alpha value is -1.44. The molecule has 1 aromatic rings. The first-order chi connectivity index (χ1) is 12.0. The smallest absolute Gasteiger partial charge is 0.243 e. The Labute approximate surface area is 150 Å². The van der Waals surface area contributed by atoms with Crippen molar-refractivity contribution >= 4 is 15.9 Å². The van der Waals surface area contributed by atoms with Gasteiger partial charge in [-0.1, -0.05) is 19.1 Å². The number of hydrogen-bond acceptors (Lipinski definition) is 4. The van der Waals surface area contributed by atoms with E-state index in [9.17, 15) is 13.2 Å². The molecule has 0 atom stereocenters. The molecule has 1 aromatic carbocycles. The molecule has 1 aliphatic rings. The number of sulfonamides is 1. The van der Waals surface area contributed by atoms with Crippen molar-refractivity contribution in [1.82, 2.24) is 9.62 Å². The lowest BCUT2D eigenvalue weighted by atomic mass is 9.97. The number of nitrogens with one attached hydrogen (secondary N) is 1. The van der Waals surface area contributed by atoms with Gasteiger partial charge >= 0.3 is 0 Å². The number of piperidine rings is 1. The number of hydrogen-bond donors (Lipinski definition) is 1. The average Bonchev–Trinajstić information content (AvgIpc) is 2.65. The summed E-state index contributed by atoms with van der Waals surface area (Å²) >= 11 is 0. The van der Waals surface area contributed by atoms with Gasteiger partial charge in [0.2, 0.25) is 15.9 Å². The van der Waals surface area contributed by atoms with Gasteiger partial charge in [0.25, 0.3) is 0 Å². The number of rotatable bonds is 8. The second-order valence-corrected chi connectivity index (χ2v) is 8.25. The van der Waals surface area contributed by atoms with E-state index in [1.54, 1.807) is 19.2 Å². The van der Waals surface area contributed by atoms with Crippen LogP contribution in [0.4, 0.5) is 0 Å². The molecule has 1 aliphatic heterocycles. The van der Waals surface area contributed by atoms with Crippen molar-refractivity contribution in [2.75, 3.05) is 33.4 Å². The van der Waals surface area contributed by atoms with Crippen molar-refractivity contribution in [2.45, 2.75) is 37.5 Å². The number of carbonyl (C=O) groups excluding carboxylic acids is 1. The van der Waals surface area contributed by atoms with E-state index in [-0.39, 0.29) is 11.8 Å². The summed E-state index contributed by atoms with van der Waals surface area (Å²) in [6.45, 7) is 4.01. The molecule has 25 heavy (non-hydrogen) atoms. The van der Waals surface area contributed by atoms with Gasteiger partial charge in [0.1, 0.15) is 0 Å². The number of methoxy groups -OCH3 is 1. The summed E-state index contributed by atoms with van der Waals surface area (Å²) in [4.78, 5) is 12.5. The van der Waals surface area contributed by atoms with Gasteiger partial charge < -0.3 is 10.1 Å². The molecule has 0 radical (unpaired) electrons.